The first-order chi connectivity index (χ1) is 25.8. The molecule has 0 spiro atoms. The van der Waals surface area contributed by atoms with E-state index in [0.29, 0.717) is 0 Å². The van der Waals surface area contributed by atoms with Crippen molar-refractivity contribution in [2.45, 2.75) is 0 Å². The average Bonchev–Trinajstić information content (AvgIpc) is 3.77. The minimum atomic E-state index is 0.957. The van der Waals surface area contributed by atoms with E-state index in [9.17, 15) is 0 Å². The van der Waals surface area contributed by atoms with Crippen LogP contribution in [0.15, 0.2) is 182 Å². The minimum absolute atomic E-state index is 0.957. The third-order valence-corrected chi connectivity index (χ3v) is 11.8. The largest absolute Gasteiger partial charge is 0.309 e. The highest BCUT2D eigenvalue weighted by atomic mass is 32.1. The van der Waals surface area contributed by atoms with Gasteiger partial charge in [0.05, 0.1) is 22.4 Å². The van der Waals surface area contributed by atoms with Crippen LogP contribution in [0.5, 0.6) is 0 Å². The molecule has 8 aromatic carbocycles. The Morgan fingerprint density at radius 1 is 0.404 bits per heavy atom. The van der Waals surface area contributed by atoms with Gasteiger partial charge in [0.15, 0.2) is 0 Å². The molecule has 3 aromatic heterocycles. The predicted molar refractivity (Wildman–Crippen MR) is 223 cm³/mol. The number of para-hydroxylation sites is 1. The van der Waals surface area contributed by atoms with Crippen molar-refractivity contribution in [3.8, 4) is 39.3 Å². The lowest BCUT2D eigenvalue weighted by Gasteiger charge is -2.13. The van der Waals surface area contributed by atoms with Gasteiger partial charge in [0.25, 0.3) is 0 Å². The van der Waals surface area contributed by atoms with E-state index < -0.39 is 0 Å². The van der Waals surface area contributed by atoms with Crippen LogP contribution in [-0.4, -0.2) is 9.55 Å². The smallest absolute Gasteiger partial charge is 0.0715 e. The first-order valence-corrected chi connectivity index (χ1v) is 18.5. The zero-order valence-corrected chi connectivity index (χ0v) is 28.9. The molecular formula is C49H30N2S. The molecule has 0 aliphatic rings. The Morgan fingerprint density at radius 2 is 0.981 bits per heavy atom. The van der Waals surface area contributed by atoms with Gasteiger partial charge in [0.2, 0.25) is 0 Å². The molecule has 0 aliphatic carbocycles. The highest BCUT2D eigenvalue weighted by Gasteiger charge is 2.18. The second-order valence-corrected chi connectivity index (χ2v) is 14.6. The average molecular weight is 679 g/mol. The standard InChI is InChI=1S/C49H30N2S/c1-3-11-31(12-4-1)35-29-43(32-13-5-2-6-14-32)50-44(30-35)33-19-23-36(24-20-33)51-45-17-9-7-15-37(45)40-28-27-39-41(48(40)51)25-21-34-22-26-42-38-16-8-10-18-46(38)52-49(42)47(34)39/h1-30H. The van der Waals surface area contributed by atoms with Crippen LogP contribution in [0.4, 0.5) is 0 Å². The predicted octanol–water partition coefficient (Wildman–Crippen LogP) is 13.9. The number of aromatic nitrogens is 2. The third kappa shape index (κ3) is 4.46. The van der Waals surface area contributed by atoms with Crippen LogP contribution in [0.2, 0.25) is 0 Å². The number of hydrogen-bond donors (Lipinski definition) is 0. The number of benzene rings is 8. The second-order valence-electron chi connectivity index (χ2n) is 13.5. The molecule has 0 saturated carbocycles. The Hall–Kier alpha value is -6.55. The molecule has 0 aliphatic heterocycles. The van der Waals surface area contributed by atoms with Gasteiger partial charge in [0.1, 0.15) is 0 Å². The van der Waals surface area contributed by atoms with Gasteiger partial charge in [-0.25, -0.2) is 4.98 Å². The summed E-state index contributed by atoms with van der Waals surface area (Å²) in [6.45, 7) is 0. The maximum atomic E-state index is 5.20. The molecule has 11 aromatic rings. The number of fused-ring (bicyclic) bond motifs is 11. The van der Waals surface area contributed by atoms with Crippen LogP contribution in [0.25, 0.3) is 103 Å². The summed E-state index contributed by atoms with van der Waals surface area (Å²) in [5.41, 5.74) is 10.0. The third-order valence-electron chi connectivity index (χ3n) is 10.6. The van der Waals surface area contributed by atoms with Crippen molar-refractivity contribution in [2.24, 2.45) is 0 Å². The van der Waals surface area contributed by atoms with Crippen LogP contribution in [0.3, 0.4) is 0 Å². The van der Waals surface area contributed by atoms with Gasteiger partial charge in [-0.3, -0.25) is 0 Å². The van der Waals surface area contributed by atoms with E-state index >= 15 is 0 Å². The highest BCUT2D eigenvalue weighted by molar-refractivity contribution is 7.26. The number of pyridine rings is 1. The van der Waals surface area contributed by atoms with Gasteiger partial charge in [-0.2, -0.15) is 0 Å². The van der Waals surface area contributed by atoms with Crippen molar-refractivity contribution in [1.29, 1.82) is 0 Å². The maximum absolute atomic E-state index is 5.20. The van der Waals surface area contributed by atoms with Crippen molar-refractivity contribution in [3.05, 3.63) is 182 Å². The number of rotatable bonds is 4. The minimum Gasteiger partial charge on any atom is -0.309 e. The highest BCUT2D eigenvalue weighted by Crippen LogP contribution is 2.44. The Kier molecular flexibility index (Phi) is 6.46. The zero-order chi connectivity index (χ0) is 34.2. The summed E-state index contributed by atoms with van der Waals surface area (Å²) in [6, 6.07) is 65.9. The molecule has 0 radical (unpaired) electrons. The van der Waals surface area contributed by atoms with Crippen LogP contribution < -0.4 is 0 Å². The van der Waals surface area contributed by atoms with Gasteiger partial charge >= 0.3 is 0 Å². The summed E-state index contributed by atoms with van der Waals surface area (Å²) < 4.78 is 5.14. The summed E-state index contributed by atoms with van der Waals surface area (Å²) in [5, 5.41) is 10.3. The molecular weight excluding hydrogens is 649 g/mol. The second kappa shape index (κ2) is 11.5. The van der Waals surface area contributed by atoms with Crippen molar-refractivity contribution in [1.82, 2.24) is 9.55 Å². The molecule has 0 unspecified atom stereocenters. The Labute approximate surface area is 304 Å². The van der Waals surface area contributed by atoms with Crippen LogP contribution >= 0.6 is 11.3 Å². The zero-order valence-electron chi connectivity index (χ0n) is 28.1. The van der Waals surface area contributed by atoms with Crippen molar-refractivity contribution < 1.29 is 0 Å². The molecule has 3 heteroatoms. The maximum Gasteiger partial charge on any atom is 0.0715 e. The van der Waals surface area contributed by atoms with Crippen LogP contribution in [0, 0.1) is 0 Å². The van der Waals surface area contributed by atoms with Crippen molar-refractivity contribution >= 4 is 74.9 Å². The van der Waals surface area contributed by atoms with E-state index in [4.69, 9.17) is 4.98 Å². The summed E-state index contributed by atoms with van der Waals surface area (Å²) in [5.74, 6) is 0. The quantitative estimate of drug-likeness (QED) is 0.169. The van der Waals surface area contributed by atoms with E-state index in [1.165, 1.54) is 69.1 Å². The number of hydrogen-bond acceptors (Lipinski definition) is 2. The molecule has 242 valence electrons. The number of thiophene rings is 1. The van der Waals surface area contributed by atoms with Crippen LogP contribution in [0.1, 0.15) is 0 Å². The monoisotopic (exact) mass is 678 g/mol. The van der Waals surface area contributed by atoms with Gasteiger partial charge < -0.3 is 4.57 Å². The summed E-state index contributed by atoms with van der Waals surface area (Å²) >= 11 is 1.90. The normalized spacial score (nSPS) is 11.8. The van der Waals surface area contributed by atoms with E-state index in [-0.39, 0.29) is 0 Å². The van der Waals surface area contributed by atoms with E-state index in [2.05, 4.69) is 187 Å². The summed E-state index contributed by atoms with van der Waals surface area (Å²) in [4.78, 5) is 5.20. The molecule has 3 heterocycles. The SMILES string of the molecule is c1ccc(-c2cc(-c3ccccc3)nc(-c3ccc(-n4c5ccccc5c5ccc6c(ccc7ccc8c9ccccc9sc8c76)c54)cc3)c2)cc1. The van der Waals surface area contributed by atoms with Gasteiger partial charge in [0, 0.05) is 58.5 Å². The Bertz CT molecular complexity index is 3100. The van der Waals surface area contributed by atoms with Crippen molar-refractivity contribution in [3.63, 3.8) is 0 Å². The molecule has 0 fully saturated rings. The van der Waals surface area contributed by atoms with Gasteiger partial charge in [-0.15, -0.1) is 11.3 Å². The lowest BCUT2D eigenvalue weighted by atomic mass is 9.98. The van der Waals surface area contributed by atoms with Crippen LogP contribution in [-0.2, 0) is 0 Å². The van der Waals surface area contributed by atoms with E-state index in [1.807, 2.05) is 11.3 Å². The molecule has 0 amide bonds. The lowest BCUT2D eigenvalue weighted by molar-refractivity contribution is 1.18. The first kappa shape index (κ1) is 29.2. The molecule has 2 nitrogen and oxygen atoms in total. The fraction of sp³-hybridized carbons (Fsp3) is 0. The van der Waals surface area contributed by atoms with Crippen molar-refractivity contribution in [2.75, 3.05) is 0 Å². The Balaban J connectivity index is 1.12. The van der Waals surface area contributed by atoms with E-state index in [1.54, 1.807) is 0 Å². The first-order valence-electron chi connectivity index (χ1n) is 17.7. The molecule has 52 heavy (non-hydrogen) atoms. The summed E-state index contributed by atoms with van der Waals surface area (Å²) in [6.07, 6.45) is 0. The summed E-state index contributed by atoms with van der Waals surface area (Å²) in [7, 11) is 0. The molecule has 0 bridgehead atoms. The molecule has 0 saturated heterocycles. The molecule has 0 atom stereocenters. The topological polar surface area (TPSA) is 17.8 Å². The van der Waals surface area contributed by atoms with Gasteiger partial charge in [-0.05, 0) is 58.3 Å². The fourth-order valence-electron chi connectivity index (χ4n) is 8.15. The molecule has 0 N–H and O–H groups in total. The Morgan fingerprint density at radius 3 is 1.75 bits per heavy atom. The lowest BCUT2D eigenvalue weighted by Crippen LogP contribution is -1.95. The van der Waals surface area contributed by atoms with Gasteiger partial charge in [-0.1, -0.05) is 146 Å². The fourth-order valence-corrected chi connectivity index (χ4v) is 9.42. The number of nitrogens with zero attached hydrogens (tertiary/aromatic N) is 2. The van der Waals surface area contributed by atoms with E-state index in [0.717, 1.165) is 33.8 Å². The molecule has 11 rings (SSSR count).